The molecule has 1 fully saturated rings. The molecule has 1 saturated carbocycles. The number of hydrogen-bond acceptors (Lipinski definition) is 4. The van der Waals surface area contributed by atoms with Crippen LogP contribution >= 0.6 is 11.8 Å². The molecule has 18 heavy (non-hydrogen) atoms. The van der Waals surface area contributed by atoms with Gasteiger partial charge in [-0.1, -0.05) is 29.4 Å². The molecule has 4 nitrogen and oxygen atoms in total. The van der Waals surface area contributed by atoms with Crippen molar-refractivity contribution in [1.29, 1.82) is 0 Å². The number of oxime groups is 1. The molecule has 0 atom stereocenters. The van der Waals surface area contributed by atoms with Crippen LogP contribution in [0.15, 0.2) is 29.4 Å². The number of nitrogens with zero attached hydrogens (tertiary/aromatic N) is 1. The van der Waals surface area contributed by atoms with Gasteiger partial charge >= 0.3 is 0 Å². The fourth-order valence-corrected chi connectivity index (χ4v) is 2.75. The maximum Gasteiger partial charge on any atom is 0.170 e. The van der Waals surface area contributed by atoms with E-state index in [9.17, 15) is 0 Å². The summed E-state index contributed by atoms with van der Waals surface area (Å²) in [6, 6.07) is 7.72. The van der Waals surface area contributed by atoms with Gasteiger partial charge in [0.15, 0.2) is 5.84 Å². The number of benzene rings is 1. The quantitative estimate of drug-likeness (QED) is 0.317. The molecule has 1 aliphatic rings. The third kappa shape index (κ3) is 2.97. The fourth-order valence-electron chi connectivity index (χ4n) is 2.00. The number of nitrogens with two attached hydrogens (primary N) is 1. The third-order valence-electron chi connectivity index (χ3n) is 3.40. The molecule has 0 aliphatic heterocycles. The van der Waals surface area contributed by atoms with E-state index in [1.807, 2.05) is 36.0 Å². The van der Waals surface area contributed by atoms with Crippen molar-refractivity contribution in [2.24, 2.45) is 10.9 Å². The minimum absolute atomic E-state index is 0.165. The van der Waals surface area contributed by atoms with E-state index in [0.29, 0.717) is 4.75 Å². The summed E-state index contributed by atoms with van der Waals surface area (Å²) in [4.78, 5) is 0. The molecule has 0 spiro atoms. The number of rotatable bonds is 6. The van der Waals surface area contributed by atoms with Gasteiger partial charge in [0.2, 0.25) is 0 Å². The lowest BCUT2D eigenvalue weighted by Crippen LogP contribution is -2.27. The Labute approximate surface area is 112 Å². The highest BCUT2D eigenvalue weighted by molar-refractivity contribution is 8.00. The molecule has 0 saturated heterocycles. The Hall–Kier alpha value is -1.20. The van der Waals surface area contributed by atoms with Crippen LogP contribution in [0.4, 0.5) is 0 Å². The van der Waals surface area contributed by atoms with Crippen LogP contribution < -0.4 is 11.1 Å². The van der Waals surface area contributed by atoms with Crippen molar-refractivity contribution in [2.45, 2.75) is 24.1 Å². The zero-order chi connectivity index (χ0) is 13.0. The Kier molecular flexibility index (Phi) is 4.14. The highest BCUT2D eigenvalue weighted by Crippen LogP contribution is 2.46. The number of thioether (sulfide) groups is 1. The van der Waals surface area contributed by atoms with E-state index < -0.39 is 0 Å². The van der Waals surface area contributed by atoms with Gasteiger partial charge in [-0.25, -0.2) is 0 Å². The van der Waals surface area contributed by atoms with Crippen LogP contribution in [-0.2, 0) is 6.54 Å². The molecule has 2 rings (SSSR count). The van der Waals surface area contributed by atoms with Crippen molar-refractivity contribution in [3.05, 3.63) is 35.4 Å². The molecule has 1 aromatic rings. The number of nitrogens with one attached hydrogen (secondary N) is 1. The van der Waals surface area contributed by atoms with Crippen LogP contribution in [0.2, 0.25) is 0 Å². The standard InChI is InChI=1S/C13H19N3OS/c1-18-13(6-7-13)9-15-8-10-4-2-3-5-11(10)12(14)16-17/h2-5,15,17H,6-9H2,1H3,(H2,14,16). The molecule has 1 aromatic carbocycles. The predicted octanol–water partition coefficient (Wildman–Crippen LogP) is 1.77. The lowest BCUT2D eigenvalue weighted by atomic mass is 10.1. The van der Waals surface area contributed by atoms with Crippen molar-refractivity contribution < 1.29 is 5.21 Å². The highest BCUT2D eigenvalue weighted by Gasteiger charge is 2.41. The predicted molar refractivity (Wildman–Crippen MR) is 76.1 cm³/mol. The highest BCUT2D eigenvalue weighted by atomic mass is 32.2. The summed E-state index contributed by atoms with van der Waals surface area (Å²) >= 11 is 1.94. The first-order valence-corrected chi connectivity index (χ1v) is 7.25. The van der Waals surface area contributed by atoms with E-state index >= 15 is 0 Å². The van der Waals surface area contributed by atoms with E-state index in [0.717, 1.165) is 24.2 Å². The van der Waals surface area contributed by atoms with Crippen LogP contribution in [0.1, 0.15) is 24.0 Å². The molecular weight excluding hydrogens is 246 g/mol. The van der Waals surface area contributed by atoms with E-state index in [2.05, 4.69) is 16.7 Å². The van der Waals surface area contributed by atoms with Crippen molar-refractivity contribution in [2.75, 3.05) is 12.8 Å². The summed E-state index contributed by atoms with van der Waals surface area (Å²) in [5.41, 5.74) is 7.51. The van der Waals surface area contributed by atoms with E-state index in [4.69, 9.17) is 10.9 Å². The van der Waals surface area contributed by atoms with Gasteiger partial charge < -0.3 is 16.3 Å². The van der Waals surface area contributed by atoms with Crippen LogP contribution in [-0.4, -0.2) is 28.6 Å². The van der Waals surface area contributed by atoms with Gasteiger partial charge in [0.1, 0.15) is 0 Å². The Morgan fingerprint density at radius 2 is 2.22 bits per heavy atom. The monoisotopic (exact) mass is 265 g/mol. The Morgan fingerprint density at radius 3 is 2.83 bits per heavy atom. The minimum atomic E-state index is 0.165. The molecule has 0 amide bonds. The molecule has 4 N–H and O–H groups in total. The molecular formula is C13H19N3OS. The second kappa shape index (κ2) is 5.63. The Bertz CT molecular complexity index is 444. The second-order valence-corrected chi connectivity index (χ2v) is 5.91. The average molecular weight is 265 g/mol. The van der Waals surface area contributed by atoms with Crippen molar-refractivity contribution in [3.8, 4) is 0 Å². The first-order chi connectivity index (χ1) is 8.71. The Morgan fingerprint density at radius 1 is 1.50 bits per heavy atom. The molecule has 0 bridgehead atoms. The van der Waals surface area contributed by atoms with Crippen molar-refractivity contribution in [1.82, 2.24) is 5.32 Å². The van der Waals surface area contributed by atoms with Crippen molar-refractivity contribution in [3.63, 3.8) is 0 Å². The molecule has 1 aliphatic carbocycles. The topological polar surface area (TPSA) is 70.6 Å². The van der Waals surface area contributed by atoms with Gasteiger partial charge in [0.05, 0.1) is 0 Å². The normalized spacial score (nSPS) is 17.7. The van der Waals surface area contributed by atoms with E-state index in [1.54, 1.807) is 0 Å². The first kappa shape index (κ1) is 13.2. The summed E-state index contributed by atoms with van der Waals surface area (Å²) in [5.74, 6) is 0.165. The smallest absolute Gasteiger partial charge is 0.170 e. The minimum Gasteiger partial charge on any atom is -0.409 e. The molecule has 0 heterocycles. The van der Waals surface area contributed by atoms with Gasteiger partial charge in [-0.05, 0) is 24.7 Å². The summed E-state index contributed by atoms with van der Waals surface area (Å²) < 4.78 is 0.450. The maximum atomic E-state index is 8.75. The van der Waals surface area contributed by atoms with E-state index in [1.165, 1.54) is 12.8 Å². The maximum absolute atomic E-state index is 8.75. The lowest BCUT2D eigenvalue weighted by Gasteiger charge is -2.14. The second-order valence-electron chi connectivity index (χ2n) is 4.63. The van der Waals surface area contributed by atoms with Gasteiger partial charge in [-0.15, -0.1) is 0 Å². The van der Waals surface area contributed by atoms with Gasteiger partial charge in [-0.2, -0.15) is 11.8 Å². The van der Waals surface area contributed by atoms with Crippen LogP contribution in [0.5, 0.6) is 0 Å². The van der Waals surface area contributed by atoms with Gasteiger partial charge in [-0.3, -0.25) is 0 Å². The van der Waals surface area contributed by atoms with Crippen molar-refractivity contribution >= 4 is 17.6 Å². The largest absolute Gasteiger partial charge is 0.409 e. The van der Waals surface area contributed by atoms with Gasteiger partial charge in [0.25, 0.3) is 0 Å². The number of amidine groups is 1. The summed E-state index contributed by atoms with van der Waals surface area (Å²) in [6.07, 6.45) is 4.76. The number of hydrogen-bond donors (Lipinski definition) is 3. The molecule has 0 radical (unpaired) electrons. The van der Waals surface area contributed by atoms with Crippen LogP contribution in [0.25, 0.3) is 0 Å². The van der Waals surface area contributed by atoms with Crippen LogP contribution in [0, 0.1) is 0 Å². The third-order valence-corrected chi connectivity index (χ3v) is 4.82. The average Bonchev–Trinajstić information content (AvgIpc) is 3.19. The SMILES string of the molecule is CSC1(CNCc2ccccc2/C(N)=N/O)CC1. The summed E-state index contributed by atoms with van der Waals surface area (Å²) in [5, 5.41) is 15.3. The summed E-state index contributed by atoms with van der Waals surface area (Å²) in [7, 11) is 0. The molecule has 0 unspecified atom stereocenters. The Balaban J connectivity index is 1.97. The fraction of sp³-hybridized carbons (Fsp3) is 0.462. The first-order valence-electron chi connectivity index (χ1n) is 6.02. The molecule has 5 heteroatoms. The summed E-state index contributed by atoms with van der Waals surface area (Å²) in [6.45, 7) is 1.76. The van der Waals surface area contributed by atoms with E-state index in [-0.39, 0.29) is 5.84 Å². The zero-order valence-corrected chi connectivity index (χ0v) is 11.3. The zero-order valence-electron chi connectivity index (χ0n) is 10.5. The molecule has 0 aromatic heterocycles. The molecule has 98 valence electrons. The van der Waals surface area contributed by atoms with Gasteiger partial charge in [0, 0.05) is 23.4 Å². The van der Waals surface area contributed by atoms with Crippen LogP contribution in [0.3, 0.4) is 0 Å². The lowest BCUT2D eigenvalue weighted by molar-refractivity contribution is 0.318.